The predicted octanol–water partition coefficient (Wildman–Crippen LogP) is 3.09. The highest BCUT2D eigenvalue weighted by molar-refractivity contribution is 7.87. The Kier molecular flexibility index (Phi) is 21.0. The molecule has 0 heterocycles. The highest BCUT2D eigenvalue weighted by Gasteiger charge is 2.35. The number of nitrogens with two attached hydrogens (primary N) is 1. The van der Waals surface area contributed by atoms with Crippen molar-refractivity contribution in [1.29, 1.82) is 0 Å². The number of esters is 2. The number of carbonyl (C=O) groups excluding carboxylic acids is 2. The SMILES string of the molecule is CC(C)CCCCCOC(=O)CC(C(=O)OCCCCCC(C)C)S(=O)(=O)O.NCCO. The number of hydrogen-bond donors (Lipinski definition) is 3. The van der Waals surface area contributed by atoms with Crippen LogP contribution in [0.3, 0.4) is 0 Å². The van der Waals surface area contributed by atoms with Crippen LogP contribution in [0.25, 0.3) is 0 Å². The fraction of sp³-hybridized carbons (Fsp3) is 0.909. The third-order valence-corrected chi connectivity index (χ3v) is 5.54. The van der Waals surface area contributed by atoms with E-state index in [1.165, 1.54) is 0 Å². The fourth-order valence-electron chi connectivity index (χ4n) is 2.64. The molecule has 0 saturated carbocycles. The molecule has 0 aromatic carbocycles. The first-order chi connectivity index (χ1) is 14.9. The number of aliphatic hydroxyl groups is 1. The van der Waals surface area contributed by atoms with Crippen LogP contribution in [0.1, 0.15) is 85.5 Å². The van der Waals surface area contributed by atoms with Crippen LogP contribution in [0.2, 0.25) is 0 Å². The van der Waals surface area contributed by atoms with Gasteiger partial charge in [-0.2, -0.15) is 8.42 Å². The van der Waals surface area contributed by atoms with Gasteiger partial charge in [0, 0.05) is 6.54 Å². The molecule has 0 radical (unpaired) electrons. The van der Waals surface area contributed by atoms with Crippen molar-refractivity contribution in [3.8, 4) is 0 Å². The van der Waals surface area contributed by atoms with Gasteiger partial charge in [0.15, 0.2) is 5.25 Å². The van der Waals surface area contributed by atoms with E-state index in [2.05, 4.69) is 27.7 Å². The maximum absolute atomic E-state index is 12.0. The van der Waals surface area contributed by atoms with Crippen LogP contribution >= 0.6 is 0 Å². The van der Waals surface area contributed by atoms with Crippen molar-refractivity contribution in [1.82, 2.24) is 0 Å². The fourth-order valence-corrected chi connectivity index (χ4v) is 3.29. The van der Waals surface area contributed by atoms with Gasteiger partial charge < -0.3 is 20.3 Å². The van der Waals surface area contributed by atoms with Crippen molar-refractivity contribution in [3.63, 3.8) is 0 Å². The Bertz CT molecular complexity index is 576. The molecule has 0 rings (SSSR count). The van der Waals surface area contributed by atoms with E-state index in [4.69, 9.17) is 20.3 Å². The zero-order valence-corrected chi connectivity index (χ0v) is 21.1. The molecule has 0 spiro atoms. The van der Waals surface area contributed by atoms with E-state index < -0.39 is 33.7 Å². The number of aliphatic hydroxyl groups excluding tert-OH is 1. The second-order valence-corrected chi connectivity index (χ2v) is 10.2. The summed E-state index contributed by atoms with van der Waals surface area (Å²) in [4.78, 5) is 23.8. The molecule has 0 amide bonds. The summed E-state index contributed by atoms with van der Waals surface area (Å²) in [6.07, 6.45) is 6.52. The van der Waals surface area contributed by atoms with E-state index in [0.29, 0.717) is 31.2 Å². The van der Waals surface area contributed by atoms with Crippen molar-refractivity contribution < 1.29 is 37.1 Å². The Labute approximate surface area is 194 Å². The molecular formula is C22H45NO8S. The lowest BCUT2D eigenvalue weighted by Gasteiger charge is -2.13. The van der Waals surface area contributed by atoms with E-state index in [1.54, 1.807) is 0 Å². The van der Waals surface area contributed by atoms with Gasteiger partial charge in [0.25, 0.3) is 10.1 Å². The lowest BCUT2D eigenvalue weighted by atomic mass is 10.1. The third-order valence-electron chi connectivity index (χ3n) is 4.46. The topological polar surface area (TPSA) is 153 Å². The molecule has 1 unspecified atom stereocenters. The first-order valence-electron chi connectivity index (χ1n) is 11.5. The van der Waals surface area contributed by atoms with Gasteiger partial charge in [0.1, 0.15) is 0 Å². The number of unbranched alkanes of at least 4 members (excludes halogenated alkanes) is 4. The summed E-state index contributed by atoms with van der Waals surface area (Å²) in [5.74, 6) is -0.715. The van der Waals surface area contributed by atoms with Crippen LogP contribution in [0.15, 0.2) is 0 Å². The Balaban J connectivity index is 0. The molecule has 0 saturated heterocycles. The van der Waals surface area contributed by atoms with Gasteiger partial charge in [-0.1, -0.05) is 66.2 Å². The summed E-state index contributed by atoms with van der Waals surface area (Å²) in [5.41, 5.74) is 4.78. The van der Waals surface area contributed by atoms with Gasteiger partial charge in [0.05, 0.1) is 26.2 Å². The zero-order chi connectivity index (χ0) is 25.0. The zero-order valence-electron chi connectivity index (χ0n) is 20.3. The maximum Gasteiger partial charge on any atom is 0.327 e. The summed E-state index contributed by atoms with van der Waals surface area (Å²) < 4.78 is 42.1. The molecule has 0 aliphatic rings. The average molecular weight is 484 g/mol. The highest BCUT2D eigenvalue weighted by atomic mass is 32.2. The minimum absolute atomic E-state index is 0.0633. The average Bonchev–Trinajstić information content (AvgIpc) is 2.70. The van der Waals surface area contributed by atoms with Crippen molar-refractivity contribution >= 4 is 22.1 Å². The van der Waals surface area contributed by atoms with Crippen molar-refractivity contribution in [3.05, 3.63) is 0 Å². The van der Waals surface area contributed by atoms with Gasteiger partial charge in [-0.25, -0.2) is 0 Å². The van der Waals surface area contributed by atoms with Crippen LogP contribution in [-0.2, 0) is 29.2 Å². The molecule has 0 bridgehead atoms. The normalized spacial score (nSPS) is 12.3. The van der Waals surface area contributed by atoms with Gasteiger partial charge in [-0.05, 0) is 24.7 Å². The van der Waals surface area contributed by atoms with Crippen LogP contribution in [-0.4, -0.2) is 61.6 Å². The van der Waals surface area contributed by atoms with Crippen LogP contribution in [0, 0.1) is 11.8 Å². The van der Waals surface area contributed by atoms with Crippen molar-refractivity contribution in [2.24, 2.45) is 17.6 Å². The summed E-state index contributed by atoms with van der Waals surface area (Å²) in [6.45, 7) is 9.23. The molecule has 0 aromatic heterocycles. The largest absolute Gasteiger partial charge is 0.466 e. The van der Waals surface area contributed by atoms with Crippen molar-refractivity contribution in [2.75, 3.05) is 26.4 Å². The molecule has 0 aliphatic heterocycles. The van der Waals surface area contributed by atoms with Crippen LogP contribution < -0.4 is 5.73 Å². The van der Waals surface area contributed by atoms with Gasteiger partial charge >= 0.3 is 11.9 Å². The molecule has 4 N–H and O–H groups in total. The first-order valence-corrected chi connectivity index (χ1v) is 13.0. The molecule has 9 nitrogen and oxygen atoms in total. The Morgan fingerprint density at radius 3 is 1.66 bits per heavy atom. The summed E-state index contributed by atoms with van der Waals surface area (Å²) in [7, 11) is -4.74. The molecule has 32 heavy (non-hydrogen) atoms. The number of hydrogen-bond acceptors (Lipinski definition) is 8. The molecular weight excluding hydrogens is 438 g/mol. The van der Waals surface area contributed by atoms with Crippen LogP contribution in [0.4, 0.5) is 0 Å². The molecule has 0 aromatic rings. The predicted molar refractivity (Wildman–Crippen MR) is 125 cm³/mol. The lowest BCUT2D eigenvalue weighted by Crippen LogP contribution is -2.34. The van der Waals surface area contributed by atoms with E-state index in [9.17, 15) is 22.6 Å². The molecule has 1 atom stereocenters. The lowest BCUT2D eigenvalue weighted by molar-refractivity contribution is -0.150. The molecule has 192 valence electrons. The second kappa shape index (κ2) is 20.4. The molecule has 10 heteroatoms. The summed E-state index contributed by atoms with van der Waals surface area (Å²) in [6, 6.07) is 0. The van der Waals surface area contributed by atoms with Crippen LogP contribution in [0.5, 0.6) is 0 Å². The quantitative estimate of drug-likeness (QED) is 0.161. The van der Waals surface area contributed by atoms with E-state index in [1.807, 2.05) is 0 Å². The van der Waals surface area contributed by atoms with Gasteiger partial charge in [-0.3, -0.25) is 14.1 Å². The van der Waals surface area contributed by atoms with Gasteiger partial charge in [-0.15, -0.1) is 0 Å². The minimum atomic E-state index is -4.74. The number of carbonyl (C=O) groups is 2. The minimum Gasteiger partial charge on any atom is -0.466 e. The Morgan fingerprint density at radius 2 is 1.28 bits per heavy atom. The van der Waals surface area contributed by atoms with E-state index in [0.717, 1.165) is 38.5 Å². The molecule has 0 fully saturated rings. The first kappa shape index (κ1) is 32.9. The van der Waals surface area contributed by atoms with Crippen molar-refractivity contribution in [2.45, 2.75) is 90.7 Å². The Hall–Kier alpha value is -1.23. The monoisotopic (exact) mass is 483 g/mol. The maximum atomic E-state index is 12.0. The number of rotatable bonds is 17. The smallest absolute Gasteiger partial charge is 0.327 e. The Morgan fingerprint density at radius 1 is 0.844 bits per heavy atom. The number of ether oxygens (including phenoxy) is 2. The second-order valence-electron chi connectivity index (χ2n) is 8.59. The third kappa shape index (κ3) is 22.0. The standard InChI is InChI=1S/C20H38O7S.C2H7NO/c1-16(2)11-7-5-9-13-26-19(21)15-18(28(23,24)25)20(22)27-14-10-6-8-12-17(3)4;3-1-2-4/h16-18H,5-15H2,1-4H3,(H,23,24,25);4H,1-3H2. The summed E-state index contributed by atoms with van der Waals surface area (Å²) in [5, 5.41) is 5.82. The highest BCUT2D eigenvalue weighted by Crippen LogP contribution is 2.12. The van der Waals surface area contributed by atoms with Gasteiger partial charge in [0.2, 0.25) is 0 Å². The van der Waals surface area contributed by atoms with E-state index >= 15 is 0 Å². The summed E-state index contributed by atoms with van der Waals surface area (Å²) >= 11 is 0. The molecule has 0 aliphatic carbocycles. The van der Waals surface area contributed by atoms with E-state index in [-0.39, 0.29) is 19.8 Å².